The highest BCUT2D eigenvalue weighted by Crippen LogP contribution is 1.78. The maximum atomic E-state index is 5.09. The van der Waals surface area contributed by atoms with Crippen LogP contribution in [0, 0.1) is 0 Å². The SMILES string of the molecule is Cl.NC1=NCC=N1. The first-order valence-electron chi connectivity index (χ1n) is 1.72. The molecule has 1 heterocycles. The van der Waals surface area contributed by atoms with Crippen LogP contribution in [0.2, 0.25) is 0 Å². The van der Waals surface area contributed by atoms with Crippen LogP contribution in [0.3, 0.4) is 0 Å². The lowest BCUT2D eigenvalue weighted by molar-refractivity contribution is 1.34. The first-order valence-corrected chi connectivity index (χ1v) is 1.72. The monoisotopic (exact) mass is 119 g/mol. The van der Waals surface area contributed by atoms with Gasteiger partial charge in [-0.3, -0.25) is 0 Å². The zero-order valence-electron chi connectivity index (χ0n) is 3.66. The van der Waals surface area contributed by atoms with E-state index < -0.39 is 0 Å². The summed E-state index contributed by atoms with van der Waals surface area (Å²) >= 11 is 0. The van der Waals surface area contributed by atoms with Gasteiger partial charge in [-0.2, -0.15) is 0 Å². The van der Waals surface area contributed by atoms with Crippen molar-refractivity contribution in [3.63, 3.8) is 0 Å². The lowest BCUT2D eigenvalue weighted by Gasteiger charge is -1.73. The number of hydrogen-bond acceptors (Lipinski definition) is 3. The zero-order chi connectivity index (χ0) is 4.41. The second-order valence-electron chi connectivity index (χ2n) is 1.01. The van der Waals surface area contributed by atoms with E-state index in [2.05, 4.69) is 9.98 Å². The summed E-state index contributed by atoms with van der Waals surface area (Å²) < 4.78 is 0. The fourth-order valence-electron chi connectivity index (χ4n) is 0.310. The van der Waals surface area contributed by atoms with Gasteiger partial charge in [0.1, 0.15) is 0 Å². The molecule has 0 aromatic rings. The predicted octanol–water partition coefficient (Wildman–Crippen LogP) is -0.193. The van der Waals surface area contributed by atoms with Crippen molar-refractivity contribution in [1.82, 2.24) is 0 Å². The number of halogens is 1. The number of nitrogens with zero attached hydrogens (tertiary/aromatic N) is 2. The molecule has 3 nitrogen and oxygen atoms in total. The Kier molecular flexibility index (Phi) is 2.37. The highest BCUT2D eigenvalue weighted by molar-refractivity contribution is 5.91. The van der Waals surface area contributed by atoms with Crippen molar-refractivity contribution in [3.05, 3.63) is 0 Å². The summed E-state index contributed by atoms with van der Waals surface area (Å²) in [5.74, 6) is 0.398. The van der Waals surface area contributed by atoms with E-state index in [1.165, 1.54) is 0 Å². The fourth-order valence-corrected chi connectivity index (χ4v) is 0.310. The lowest BCUT2D eigenvalue weighted by atomic mass is 10.8. The first kappa shape index (κ1) is 6.43. The van der Waals surface area contributed by atoms with Gasteiger partial charge in [-0.1, -0.05) is 0 Å². The molecule has 40 valence electrons. The van der Waals surface area contributed by atoms with Crippen molar-refractivity contribution < 1.29 is 0 Å². The van der Waals surface area contributed by atoms with Crippen LogP contribution in [0.4, 0.5) is 0 Å². The van der Waals surface area contributed by atoms with Crippen LogP contribution in [0.1, 0.15) is 0 Å². The zero-order valence-corrected chi connectivity index (χ0v) is 4.48. The molecule has 0 radical (unpaired) electrons. The molecule has 0 atom stereocenters. The Morgan fingerprint density at radius 1 is 1.71 bits per heavy atom. The van der Waals surface area contributed by atoms with Crippen molar-refractivity contribution in [2.45, 2.75) is 0 Å². The van der Waals surface area contributed by atoms with Crippen molar-refractivity contribution in [3.8, 4) is 0 Å². The van der Waals surface area contributed by atoms with Gasteiger partial charge < -0.3 is 5.73 Å². The summed E-state index contributed by atoms with van der Waals surface area (Å²) in [6, 6.07) is 0. The van der Waals surface area contributed by atoms with Crippen molar-refractivity contribution in [2.75, 3.05) is 6.54 Å². The normalized spacial score (nSPS) is 15.7. The maximum Gasteiger partial charge on any atom is 0.215 e. The molecule has 4 heteroatoms. The van der Waals surface area contributed by atoms with E-state index >= 15 is 0 Å². The summed E-state index contributed by atoms with van der Waals surface area (Å²) in [5, 5.41) is 0. The molecule has 2 N–H and O–H groups in total. The number of rotatable bonds is 0. The van der Waals surface area contributed by atoms with Crippen LogP contribution in [0.15, 0.2) is 9.98 Å². The summed E-state index contributed by atoms with van der Waals surface area (Å²) in [6.07, 6.45) is 1.68. The molecule has 7 heavy (non-hydrogen) atoms. The molecular formula is C3H6ClN3. The van der Waals surface area contributed by atoms with Gasteiger partial charge in [0, 0.05) is 6.21 Å². The minimum atomic E-state index is 0. The summed E-state index contributed by atoms with van der Waals surface area (Å²) in [7, 11) is 0. The van der Waals surface area contributed by atoms with Crippen LogP contribution in [0.5, 0.6) is 0 Å². The molecular weight excluding hydrogens is 114 g/mol. The van der Waals surface area contributed by atoms with E-state index in [0.29, 0.717) is 12.5 Å². The second-order valence-corrected chi connectivity index (χ2v) is 1.01. The highest BCUT2D eigenvalue weighted by atomic mass is 35.5. The molecule has 0 unspecified atom stereocenters. The molecule has 0 bridgehead atoms. The van der Waals surface area contributed by atoms with Gasteiger partial charge in [0.15, 0.2) is 0 Å². The number of hydrogen-bond donors (Lipinski definition) is 1. The van der Waals surface area contributed by atoms with Gasteiger partial charge in [-0.05, 0) is 0 Å². The topological polar surface area (TPSA) is 50.7 Å². The Labute approximate surface area is 47.7 Å². The third-order valence-electron chi connectivity index (χ3n) is 0.558. The Bertz CT molecular complexity index is 104. The predicted molar refractivity (Wildman–Crippen MR) is 32.2 cm³/mol. The first-order chi connectivity index (χ1) is 2.89. The van der Waals surface area contributed by atoms with Gasteiger partial charge in [-0.25, -0.2) is 9.98 Å². The van der Waals surface area contributed by atoms with Crippen LogP contribution in [-0.4, -0.2) is 18.7 Å². The van der Waals surface area contributed by atoms with Gasteiger partial charge in [-0.15, -0.1) is 12.4 Å². The Morgan fingerprint density at radius 3 is 2.57 bits per heavy atom. The minimum Gasteiger partial charge on any atom is -0.368 e. The summed E-state index contributed by atoms with van der Waals surface area (Å²) in [5.41, 5.74) is 5.09. The number of guanidine groups is 1. The second kappa shape index (κ2) is 2.58. The molecule has 0 saturated heterocycles. The average Bonchev–Trinajstić information content (AvgIpc) is 1.86. The summed E-state index contributed by atoms with van der Waals surface area (Å²) in [6.45, 7) is 0.659. The average molecular weight is 120 g/mol. The van der Waals surface area contributed by atoms with Crippen LogP contribution in [0.25, 0.3) is 0 Å². The number of aliphatic imine (C=N–C) groups is 2. The van der Waals surface area contributed by atoms with E-state index in [-0.39, 0.29) is 12.4 Å². The fraction of sp³-hybridized carbons (Fsp3) is 0.333. The highest BCUT2D eigenvalue weighted by Gasteiger charge is 1.87. The largest absolute Gasteiger partial charge is 0.368 e. The molecule has 1 aliphatic heterocycles. The van der Waals surface area contributed by atoms with E-state index in [0.717, 1.165) is 0 Å². The quantitative estimate of drug-likeness (QED) is 0.472. The Morgan fingerprint density at radius 2 is 2.43 bits per heavy atom. The van der Waals surface area contributed by atoms with E-state index in [9.17, 15) is 0 Å². The third kappa shape index (κ3) is 1.55. The molecule has 0 amide bonds. The molecule has 0 spiro atoms. The van der Waals surface area contributed by atoms with Gasteiger partial charge in [0.25, 0.3) is 0 Å². The van der Waals surface area contributed by atoms with Crippen LogP contribution < -0.4 is 5.73 Å². The molecule has 0 aliphatic carbocycles. The molecule has 0 aromatic heterocycles. The minimum absolute atomic E-state index is 0. The molecule has 0 saturated carbocycles. The molecule has 0 aromatic carbocycles. The Balaban J connectivity index is 0.000000360. The lowest BCUT2D eigenvalue weighted by Crippen LogP contribution is -2.03. The smallest absolute Gasteiger partial charge is 0.215 e. The molecule has 1 rings (SSSR count). The van der Waals surface area contributed by atoms with Crippen LogP contribution >= 0.6 is 12.4 Å². The molecule has 0 fully saturated rings. The number of nitrogens with two attached hydrogens (primary N) is 1. The maximum absolute atomic E-state index is 5.09. The van der Waals surface area contributed by atoms with Gasteiger partial charge in [0.05, 0.1) is 6.54 Å². The molecule has 1 aliphatic rings. The van der Waals surface area contributed by atoms with E-state index in [1.54, 1.807) is 6.21 Å². The van der Waals surface area contributed by atoms with Crippen molar-refractivity contribution in [1.29, 1.82) is 0 Å². The summed E-state index contributed by atoms with van der Waals surface area (Å²) in [4.78, 5) is 7.35. The van der Waals surface area contributed by atoms with Crippen LogP contribution in [-0.2, 0) is 0 Å². The standard InChI is InChI=1S/C3H5N3.ClH/c4-3-5-1-2-6-3;/h1H,2H2,(H2,4,6);1H. The third-order valence-corrected chi connectivity index (χ3v) is 0.558. The van der Waals surface area contributed by atoms with Crippen molar-refractivity contribution in [2.24, 2.45) is 15.7 Å². The van der Waals surface area contributed by atoms with Crippen molar-refractivity contribution >= 4 is 24.6 Å². The van der Waals surface area contributed by atoms with E-state index in [4.69, 9.17) is 5.73 Å². The van der Waals surface area contributed by atoms with E-state index in [1.807, 2.05) is 0 Å². The Hall–Kier alpha value is -0.570. The van der Waals surface area contributed by atoms with Gasteiger partial charge in [0.2, 0.25) is 5.96 Å². The van der Waals surface area contributed by atoms with Gasteiger partial charge >= 0.3 is 0 Å².